The molecule has 0 spiro atoms. The third kappa shape index (κ3) is 5.46. The molecule has 0 aromatic heterocycles. The predicted octanol–water partition coefficient (Wildman–Crippen LogP) is 3.40. The van der Waals surface area contributed by atoms with Crippen LogP contribution >= 0.6 is 0 Å². The van der Waals surface area contributed by atoms with Crippen LogP contribution < -0.4 is 10.1 Å². The highest BCUT2D eigenvalue weighted by Gasteiger charge is 2.27. The van der Waals surface area contributed by atoms with Crippen LogP contribution in [0.2, 0.25) is 0 Å². The molecule has 0 atom stereocenters. The van der Waals surface area contributed by atoms with Crippen molar-refractivity contribution in [3.63, 3.8) is 0 Å². The number of nitrogens with one attached hydrogen (secondary N) is 1. The Hall–Kier alpha value is -1.55. The maximum absolute atomic E-state index is 12.2. The monoisotopic (exact) mass is 344 g/mol. The average Bonchev–Trinajstić information content (AvgIpc) is 3.17. The number of hydrogen-bond donors (Lipinski definition) is 1. The summed E-state index contributed by atoms with van der Waals surface area (Å²) in [5, 5.41) is 3.14. The molecule has 4 nitrogen and oxygen atoms in total. The van der Waals surface area contributed by atoms with E-state index in [2.05, 4.69) is 10.2 Å². The molecule has 2 aliphatic rings. The standard InChI is InChI=1S/C21H32N2O2/c1-2-25-20-9-7-17(8-10-20)15-21(24)22-16-18-11-13-23(14-12-18)19-5-3-4-6-19/h7-10,18-19H,2-6,11-16H2,1H3,(H,22,24). The number of likely N-dealkylation sites (tertiary alicyclic amines) is 1. The van der Waals surface area contributed by atoms with Crippen LogP contribution in [0.1, 0.15) is 51.0 Å². The number of amides is 1. The van der Waals surface area contributed by atoms with Crippen LogP contribution in [0.4, 0.5) is 0 Å². The van der Waals surface area contributed by atoms with E-state index in [1.54, 1.807) is 0 Å². The minimum atomic E-state index is 0.127. The maximum Gasteiger partial charge on any atom is 0.224 e. The fourth-order valence-electron chi connectivity index (χ4n) is 4.17. The molecule has 2 fully saturated rings. The SMILES string of the molecule is CCOc1ccc(CC(=O)NCC2CCN(C3CCCC3)CC2)cc1. The molecule has 1 saturated carbocycles. The summed E-state index contributed by atoms with van der Waals surface area (Å²) in [6, 6.07) is 8.67. The fraction of sp³-hybridized carbons (Fsp3) is 0.667. The van der Waals surface area contributed by atoms with E-state index in [9.17, 15) is 4.79 Å². The Morgan fingerprint density at radius 3 is 2.44 bits per heavy atom. The van der Waals surface area contributed by atoms with Crippen molar-refractivity contribution in [2.24, 2.45) is 5.92 Å². The van der Waals surface area contributed by atoms with E-state index in [4.69, 9.17) is 4.74 Å². The number of nitrogens with zero attached hydrogens (tertiary/aromatic N) is 1. The summed E-state index contributed by atoms with van der Waals surface area (Å²) in [5.74, 6) is 1.63. The number of ether oxygens (including phenoxy) is 1. The van der Waals surface area contributed by atoms with Gasteiger partial charge in [-0.1, -0.05) is 25.0 Å². The van der Waals surface area contributed by atoms with E-state index in [1.165, 1.54) is 51.6 Å². The second kappa shape index (κ2) is 9.23. The summed E-state index contributed by atoms with van der Waals surface area (Å²) < 4.78 is 5.43. The molecule has 1 saturated heterocycles. The molecule has 3 rings (SSSR count). The number of hydrogen-bond acceptors (Lipinski definition) is 3. The zero-order valence-corrected chi connectivity index (χ0v) is 15.5. The molecule has 0 radical (unpaired) electrons. The number of carbonyl (C=O) groups excluding carboxylic acids is 1. The first-order valence-electron chi connectivity index (χ1n) is 9.97. The highest BCUT2D eigenvalue weighted by atomic mass is 16.5. The van der Waals surface area contributed by atoms with Crippen molar-refractivity contribution < 1.29 is 9.53 Å². The summed E-state index contributed by atoms with van der Waals surface area (Å²) in [6.07, 6.45) is 8.50. The lowest BCUT2D eigenvalue weighted by Crippen LogP contribution is -2.42. The van der Waals surface area contributed by atoms with E-state index in [1.807, 2.05) is 31.2 Å². The Bertz CT molecular complexity index is 529. The highest BCUT2D eigenvalue weighted by molar-refractivity contribution is 5.78. The van der Waals surface area contributed by atoms with Gasteiger partial charge >= 0.3 is 0 Å². The molecular formula is C21H32N2O2. The van der Waals surface area contributed by atoms with Crippen molar-refractivity contribution >= 4 is 5.91 Å². The van der Waals surface area contributed by atoms with Crippen LogP contribution in [0.3, 0.4) is 0 Å². The lowest BCUT2D eigenvalue weighted by Gasteiger charge is -2.36. The first-order chi connectivity index (χ1) is 12.2. The second-order valence-corrected chi connectivity index (χ2v) is 7.48. The second-order valence-electron chi connectivity index (χ2n) is 7.48. The van der Waals surface area contributed by atoms with Gasteiger partial charge in [0.15, 0.2) is 0 Å². The van der Waals surface area contributed by atoms with Crippen molar-refractivity contribution in [2.45, 2.75) is 57.9 Å². The van der Waals surface area contributed by atoms with Crippen LogP contribution in [-0.4, -0.2) is 43.1 Å². The molecule has 1 N–H and O–H groups in total. The van der Waals surface area contributed by atoms with Crippen molar-refractivity contribution in [1.82, 2.24) is 10.2 Å². The Balaban J connectivity index is 1.35. The van der Waals surface area contributed by atoms with Crippen molar-refractivity contribution in [3.8, 4) is 5.75 Å². The van der Waals surface area contributed by atoms with E-state index in [0.717, 1.165) is 23.9 Å². The molecule has 1 aromatic rings. The minimum absolute atomic E-state index is 0.127. The number of benzene rings is 1. The molecule has 1 aliphatic heterocycles. The zero-order valence-electron chi connectivity index (χ0n) is 15.5. The normalized spacial score (nSPS) is 19.9. The Kier molecular flexibility index (Phi) is 6.74. The third-order valence-electron chi connectivity index (χ3n) is 5.68. The predicted molar refractivity (Wildman–Crippen MR) is 101 cm³/mol. The van der Waals surface area contributed by atoms with E-state index >= 15 is 0 Å². The summed E-state index contributed by atoms with van der Waals surface area (Å²) in [6.45, 7) is 5.89. The molecule has 1 heterocycles. The van der Waals surface area contributed by atoms with Crippen molar-refractivity contribution in [1.29, 1.82) is 0 Å². The first-order valence-corrected chi connectivity index (χ1v) is 9.97. The van der Waals surface area contributed by atoms with Crippen molar-refractivity contribution in [3.05, 3.63) is 29.8 Å². The molecule has 1 amide bonds. The Morgan fingerprint density at radius 2 is 1.80 bits per heavy atom. The third-order valence-corrected chi connectivity index (χ3v) is 5.68. The van der Waals surface area contributed by atoms with Gasteiger partial charge in [-0.3, -0.25) is 4.79 Å². The van der Waals surface area contributed by atoms with Gasteiger partial charge in [0, 0.05) is 12.6 Å². The smallest absolute Gasteiger partial charge is 0.224 e. The lowest BCUT2D eigenvalue weighted by molar-refractivity contribution is -0.120. The summed E-state index contributed by atoms with van der Waals surface area (Å²) >= 11 is 0. The first kappa shape index (κ1) is 18.2. The summed E-state index contributed by atoms with van der Waals surface area (Å²) in [7, 11) is 0. The van der Waals surface area contributed by atoms with Crippen LogP contribution in [0.15, 0.2) is 24.3 Å². The van der Waals surface area contributed by atoms with Gasteiger partial charge in [-0.2, -0.15) is 0 Å². The van der Waals surface area contributed by atoms with Crippen LogP contribution in [0.5, 0.6) is 5.75 Å². The summed E-state index contributed by atoms with van der Waals surface area (Å²) in [4.78, 5) is 14.9. The lowest BCUT2D eigenvalue weighted by atomic mass is 9.95. The molecule has 25 heavy (non-hydrogen) atoms. The molecular weight excluding hydrogens is 312 g/mol. The van der Waals surface area contributed by atoms with Gasteiger partial charge in [-0.05, 0) is 69.3 Å². The molecule has 0 unspecified atom stereocenters. The van der Waals surface area contributed by atoms with Crippen LogP contribution in [0, 0.1) is 5.92 Å². The maximum atomic E-state index is 12.2. The van der Waals surface area contributed by atoms with E-state index in [0.29, 0.717) is 18.9 Å². The number of rotatable bonds is 7. The average molecular weight is 344 g/mol. The van der Waals surface area contributed by atoms with Gasteiger partial charge in [0.25, 0.3) is 0 Å². The van der Waals surface area contributed by atoms with Crippen LogP contribution in [-0.2, 0) is 11.2 Å². The Morgan fingerprint density at radius 1 is 1.12 bits per heavy atom. The van der Waals surface area contributed by atoms with Gasteiger partial charge in [0.1, 0.15) is 5.75 Å². The Labute approximate surface area is 151 Å². The topological polar surface area (TPSA) is 41.6 Å². The summed E-state index contributed by atoms with van der Waals surface area (Å²) in [5.41, 5.74) is 1.04. The van der Waals surface area contributed by atoms with Gasteiger partial charge < -0.3 is 15.0 Å². The van der Waals surface area contributed by atoms with E-state index < -0.39 is 0 Å². The fourth-order valence-corrected chi connectivity index (χ4v) is 4.17. The minimum Gasteiger partial charge on any atom is -0.494 e. The van der Waals surface area contributed by atoms with Gasteiger partial charge in [0.05, 0.1) is 13.0 Å². The zero-order chi connectivity index (χ0) is 17.5. The quantitative estimate of drug-likeness (QED) is 0.824. The highest BCUT2D eigenvalue weighted by Crippen LogP contribution is 2.27. The van der Waals surface area contributed by atoms with E-state index in [-0.39, 0.29) is 5.91 Å². The molecule has 4 heteroatoms. The van der Waals surface area contributed by atoms with Crippen molar-refractivity contribution in [2.75, 3.05) is 26.2 Å². The molecule has 0 bridgehead atoms. The van der Waals surface area contributed by atoms with Gasteiger partial charge in [-0.25, -0.2) is 0 Å². The largest absolute Gasteiger partial charge is 0.494 e. The molecule has 1 aromatic carbocycles. The number of piperidine rings is 1. The van der Waals surface area contributed by atoms with Gasteiger partial charge in [0.2, 0.25) is 5.91 Å². The number of carbonyl (C=O) groups is 1. The van der Waals surface area contributed by atoms with Gasteiger partial charge in [-0.15, -0.1) is 0 Å². The molecule has 1 aliphatic carbocycles. The molecule has 138 valence electrons. The van der Waals surface area contributed by atoms with Crippen LogP contribution in [0.25, 0.3) is 0 Å².